The fourth-order valence-corrected chi connectivity index (χ4v) is 4.04. The van der Waals surface area contributed by atoms with Crippen molar-refractivity contribution in [3.05, 3.63) is 83.4 Å². The van der Waals surface area contributed by atoms with Gasteiger partial charge >= 0.3 is 0 Å². The lowest BCUT2D eigenvalue weighted by Gasteiger charge is -2.12. The summed E-state index contributed by atoms with van der Waals surface area (Å²) in [4.78, 5) is 4.53. The van der Waals surface area contributed by atoms with Gasteiger partial charge in [-0.2, -0.15) is 4.98 Å². The van der Waals surface area contributed by atoms with Crippen molar-refractivity contribution in [2.24, 2.45) is 0 Å². The summed E-state index contributed by atoms with van der Waals surface area (Å²) in [6, 6.07) is 15.6. The summed E-state index contributed by atoms with van der Waals surface area (Å²) in [5.41, 5.74) is 3.13. The second-order valence-electron chi connectivity index (χ2n) is 6.67. The fraction of sp³-hybridized carbons (Fsp3) is 0.143. The molecule has 148 valence electrons. The number of para-hydroxylation sites is 1. The van der Waals surface area contributed by atoms with E-state index in [0.717, 1.165) is 16.7 Å². The first-order valence-electron chi connectivity index (χ1n) is 8.97. The molecule has 4 aromatic rings. The maximum atomic E-state index is 12.9. The molecule has 8 heteroatoms. The Morgan fingerprint density at radius 1 is 1.00 bits per heavy atom. The smallest absolute Gasteiger partial charge is 0.261 e. The van der Waals surface area contributed by atoms with Crippen LogP contribution in [0.2, 0.25) is 0 Å². The maximum Gasteiger partial charge on any atom is 0.261 e. The molecule has 0 fully saturated rings. The average molecular weight is 409 g/mol. The number of furan rings is 1. The zero-order valence-corrected chi connectivity index (χ0v) is 16.7. The summed E-state index contributed by atoms with van der Waals surface area (Å²) >= 11 is 0. The van der Waals surface area contributed by atoms with E-state index in [2.05, 4.69) is 14.9 Å². The largest absolute Gasteiger partial charge is 0.461 e. The predicted octanol–water partition coefficient (Wildman–Crippen LogP) is 4.34. The van der Waals surface area contributed by atoms with Gasteiger partial charge in [-0.1, -0.05) is 29.4 Å². The van der Waals surface area contributed by atoms with Gasteiger partial charge < -0.3 is 8.94 Å². The molecule has 0 radical (unpaired) electrons. The van der Waals surface area contributed by atoms with Crippen LogP contribution in [-0.2, 0) is 16.4 Å². The molecule has 1 N–H and O–H groups in total. The van der Waals surface area contributed by atoms with Gasteiger partial charge in [-0.15, -0.1) is 0 Å². The van der Waals surface area contributed by atoms with Gasteiger partial charge in [0, 0.05) is 0 Å². The molecule has 2 aromatic heterocycles. The molecule has 0 spiro atoms. The lowest BCUT2D eigenvalue weighted by Crippen LogP contribution is -2.14. The van der Waals surface area contributed by atoms with E-state index in [4.69, 9.17) is 8.94 Å². The standard InChI is InChI=1S/C21H19N3O4S/c1-14-9-10-17(12-15(14)2)29(25,26)24-18-7-4-3-6-16(18)13-20-22-21(23-28-20)19-8-5-11-27-19/h3-12,24H,13H2,1-2H3. The summed E-state index contributed by atoms with van der Waals surface area (Å²) in [5.74, 6) is 1.20. The number of hydrogen-bond donors (Lipinski definition) is 1. The highest BCUT2D eigenvalue weighted by molar-refractivity contribution is 7.92. The number of sulfonamides is 1. The number of rotatable bonds is 6. The average Bonchev–Trinajstić information content (AvgIpc) is 3.37. The van der Waals surface area contributed by atoms with E-state index in [9.17, 15) is 8.42 Å². The number of aryl methyl sites for hydroxylation is 2. The van der Waals surface area contributed by atoms with Crippen molar-refractivity contribution in [2.45, 2.75) is 25.2 Å². The Labute approximate surface area is 168 Å². The van der Waals surface area contributed by atoms with Crippen LogP contribution in [0.1, 0.15) is 22.6 Å². The monoisotopic (exact) mass is 409 g/mol. The number of nitrogens with one attached hydrogen (secondary N) is 1. The molecule has 0 unspecified atom stereocenters. The molecule has 0 atom stereocenters. The summed E-state index contributed by atoms with van der Waals surface area (Å²) in [6.45, 7) is 3.82. The van der Waals surface area contributed by atoms with E-state index < -0.39 is 10.0 Å². The minimum atomic E-state index is -3.73. The molecule has 0 aliphatic heterocycles. The number of anilines is 1. The Morgan fingerprint density at radius 2 is 1.83 bits per heavy atom. The molecule has 7 nitrogen and oxygen atoms in total. The normalized spacial score (nSPS) is 11.5. The minimum Gasteiger partial charge on any atom is -0.461 e. The minimum absolute atomic E-state index is 0.216. The van der Waals surface area contributed by atoms with Crippen LogP contribution in [0.25, 0.3) is 11.6 Å². The predicted molar refractivity (Wildman–Crippen MR) is 108 cm³/mol. The van der Waals surface area contributed by atoms with Crippen molar-refractivity contribution >= 4 is 15.7 Å². The zero-order valence-electron chi connectivity index (χ0n) is 15.9. The molecule has 0 aliphatic rings. The van der Waals surface area contributed by atoms with Crippen LogP contribution >= 0.6 is 0 Å². The first-order chi connectivity index (χ1) is 13.9. The Morgan fingerprint density at radius 3 is 2.59 bits per heavy atom. The summed E-state index contributed by atoms with van der Waals surface area (Å²) in [5, 5.41) is 3.91. The van der Waals surface area contributed by atoms with Gasteiger partial charge in [0.25, 0.3) is 10.0 Å². The molecule has 0 saturated carbocycles. The van der Waals surface area contributed by atoms with Crippen LogP contribution in [0, 0.1) is 13.8 Å². The molecule has 0 bridgehead atoms. The van der Waals surface area contributed by atoms with Crippen LogP contribution in [-0.4, -0.2) is 18.6 Å². The Hall–Kier alpha value is -3.39. The van der Waals surface area contributed by atoms with E-state index in [1.165, 1.54) is 6.26 Å². The zero-order chi connectivity index (χ0) is 20.4. The Kier molecular flexibility index (Phi) is 4.94. The van der Waals surface area contributed by atoms with E-state index in [1.807, 2.05) is 26.0 Å². The number of nitrogens with zero attached hydrogens (tertiary/aromatic N) is 2. The molecular weight excluding hydrogens is 390 g/mol. The fourth-order valence-electron chi connectivity index (χ4n) is 2.85. The summed E-state index contributed by atoms with van der Waals surface area (Å²) < 4.78 is 38.9. The third-order valence-electron chi connectivity index (χ3n) is 4.60. The van der Waals surface area contributed by atoms with Crippen molar-refractivity contribution in [1.29, 1.82) is 0 Å². The Balaban J connectivity index is 1.59. The van der Waals surface area contributed by atoms with Gasteiger partial charge in [0.05, 0.1) is 23.3 Å². The molecule has 29 heavy (non-hydrogen) atoms. The molecule has 2 heterocycles. The third-order valence-corrected chi connectivity index (χ3v) is 5.96. The maximum absolute atomic E-state index is 12.9. The molecule has 0 amide bonds. The van der Waals surface area contributed by atoms with Crippen molar-refractivity contribution in [3.63, 3.8) is 0 Å². The lowest BCUT2D eigenvalue weighted by atomic mass is 10.1. The second-order valence-corrected chi connectivity index (χ2v) is 8.36. The van der Waals surface area contributed by atoms with Crippen LogP contribution in [0.15, 0.2) is 74.7 Å². The molecule has 4 rings (SSSR count). The van der Waals surface area contributed by atoms with E-state index in [0.29, 0.717) is 23.2 Å². The molecule has 2 aromatic carbocycles. The van der Waals surface area contributed by atoms with Crippen molar-refractivity contribution in [2.75, 3.05) is 4.72 Å². The van der Waals surface area contributed by atoms with E-state index in [-0.39, 0.29) is 11.3 Å². The Bertz CT molecular complexity index is 1240. The highest BCUT2D eigenvalue weighted by Crippen LogP contribution is 2.24. The van der Waals surface area contributed by atoms with Gasteiger partial charge in [-0.05, 0) is 60.9 Å². The van der Waals surface area contributed by atoms with Gasteiger partial charge in [0.15, 0.2) is 5.76 Å². The lowest BCUT2D eigenvalue weighted by molar-refractivity contribution is 0.384. The highest BCUT2D eigenvalue weighted by Gasteiger charge is 2.18. The number of aromatic nitrogens is 2. The van der Waals surface area contributed by atoms with Crippen LogP contribution in [0.5, 0.6) is 0 Å². The summed E-state index contributed by atoms with van der Waals surface area (Å²) in [6.07, 6.45) is 1.81. The van der Waals surface area contributed by atoms with Crippen LogP contribution < -0.4 is 4.72 Å². The quantitative estimate of drug-likeness (QED) is 0.509. The number of hydrogen-bond acceptors (Lipinski definition) is 6. The molecular formula is C21H19N3O4S. The van der Waals surface area contributed by atoms with Gasteiger partial charge in [0.2, 0.25) is 11.7 Å². The summed E-state index contributed by atoms with van der Waals surface area (Å²) in [7, 11) is -3.73. The van der Waals surface area contributed by atoms with E-state index >= 15 is 0 Å². The number of benzene rings is 2. The van der Waals surface area contributed by atoms with Gasteiger partial charge in [-0.25, -0.2) is 8.42 Å². The van der Waals surface area contributed by atoms with Crippen molar-refractivity contribution in [1.82, 2.24) is 10.1 Å². The first kappa shape index (κ1) is 18.9. The van der Waals surface area contributed by atoms with Crippen LogP contribution in [0.3, 0.4) is 0 Å². The second kappa shape index (κ2) is 7.56. The van der Waals surface area contributed by atoms with E-state index in [1.54, 1.807) is 42.5 Å². The highest BCUT2D eigenvalue weighted by atomic mass is 32.2. The third kappa shape index (κ3) is 4.07. The van der Waals surface area contributed by atoms with Crippen molar-refractivity contribution < 1.29 is 17.4 Å². The molecule has 0 aliphatic carbocycles. The topological polar surface area (TPSA) is 98.2 Å². The van der Waals surface area contributed by atoms with Crippen molar-refractivity contribution in [3.8, 4) is 11.6 Å². The SMILES string of the molecule is Cc1ccc(S(=O)(=O)Nc2ccccc2Cc2nc(-c3ccco3)no2)cc1C. The van der Waals surface area contributed by atoms with Gasteiger partial charge in [0.1, 0.15) is 0 Å². The molecule has 0 saturated heterocycles. The van der Waals surface area contributed by atoms with Crippen LogP contribution in [0.4, 0.5) is 5.69 Å². The first-order valence-corrected chi connectivity index (χ1v) is 10.4. The van der Waals surface area contributed by atoms with Gasteiger partial charge in [-0.3, -0.25) is 4.72 Å².